The van der Waals surface area contributed by atoms with Crippen molar-refractivity contribution in [3.63, 3.8) is 0 Å². The summed E-state index contributed by atoms with van der Waals surface area (Å²) in [6.07, 6.45) is 86.3. The molecule has 6 nitrogen and oxygen atoms in total. The number of carbonyl (C=O) groups is 3. The topological polar surface area (TPSA) is 78.9 Å². The Kier molecular flexibility index (Phi) is 63.7. The number of carbonyl (C=O) groups excluding carboxylic acids is 3. The van der Waals surface area contributed by atoms with Crippen LogP contribution in [-0.4, -0.2) is 37.2 Å². The number of rotatable bonds is 62. The highest BCUT2D eigenvalue weighted by Gasteiger charge is 2.19. The van der Waals surface area contributed by atoms with E-state index < -0.39 is 6.10 Å². The highest BCUT2D eigenvalue weighted by atomic mass is 16.6. The van der Waals surface area contributed by atoms with E-state index in [1.165, 1.54) is 218 Å². The SMILES string of the molecule is CC/C=C\C/C=C\C/C=C\C/C=C\CCCCCCCCCCCCCCCCC(=O)OCC(COC(=O)CCCCCCCCCCCCCC)OC(=O)CCCCCCCCCCC/C=C\C/C=C\CCCCCCC. The summed E-state index contributed by atoms with van der Waals surface area (Å²) in [5, 5.41) is 0. The molecule has 6 heteroatoms. The maximum absolute atomic E-state index is 12.9. The second-order valence-electron chi connectivity index (χ2n) is 22.7. The summed E-state index contributed by atoms with van der Waals surface area (Å²) in [4.78, 5) is 38.4. The zero-order chi connectivity index (χ0) is 56.4. The molecule has 0 aliphatic heterocycles. The van der Waals surface area contributed by atoms with E-state index in [0.29, 0.717) is 19.3 Å². The lowest BCUT2D eigenvalue weighted by molar-refractivity contribution is -0.167. The number of allylic oxidation sites excluding steroid dienone is 12. The van der Waals surface area contributed by atoms with Crippen molar-refractivity contribution in [2.45, 2.75) is 354 Å². The Hall–Kier alpha value is -3.15. The number of esters is 3. The fourth-order valence-electron chi connectivity index (χ4n) is 9.88. The molecule has 1 atom stereocenters. The summed E-state index contributed by atoms with van der Waals surface area (Å²) in [6.45, 7) is 6.56. The molecule has 0 aliphatic carbocycles. The minimum atomic E-state index is -0.776. The summed E-state index contributed by atoms with van der Waals surface area (Å²) in [7, 11) is 0. The van der Waals surface area contributed by atoms with Crippen molar-refractivity contribution >= 4 is 17.9 Å². The molecule has 0 aliphatic rings. The summed E-state index contributed by atoms with van der Waals surface area (Å²) < 4.78 is 17.0. The highest BCUT2D eigenvalue weighted by molar-refractivity contribution is 5.71. The third kappa shape index (κ3) is 63.7. The first kappa shape index (κ1) is 74.8. The van der Waals surface area contributed by atoms with Gasteiger partial charge in [-0.25, -0.2) is 0 Å². The first-order valence-electron chi connectivity index (χ1n) is 33.9. The van der Waals surface area contributed by atoms with Crippen molar-refractivity contribution < 1.29 is 28.6 Å². The predicted octanol–water partition coefficient (Wildman–Crippen LogP) is 23.3. The fraction of sp³-hybridized carbons (Fsp3) is 0.792. The lowest BCUT2D eigenvalue weighted by Crippen LogP contribution is -2.30. The minimum Gasteiger partial charge on any atom is -0.462 e. The summed E-state index contributed by atoms with van der Waals surface area (Å²) in [6, 6.07) is 0. The molecule has 0 heterocycles. The Labute approximate surface area is 484 Å². The maximum Gasteiger partial charge on any atom is 0.306 e. The van der Waals surface area contributed by atoms with Gasteiger partial charge < -0.3 is 14.2 Å². The van der Waals surface area contributed by atoms with Crippen molar-refractivity contribution in [1.82, 2.24) is 0 Å². The van der Waals surface area contributed by atoms with E-state index in [9.17, 15) is 14.4 Å². The van der Waals surface area contributed by atoms with E-state index in [0.717, 1.165) is 89.9 Å². The second-order valence-corrected chi connectivity index (χ2v) is 22.7. The monoisotopic (exact) mass is 1090 g/mol. The average Bonchev–Trinajstić information content (AvgIpc) is 3.44. The van der Waals surface area contributed by atoms with Gasteiger partial charge in [-0.3, -0.25) is 14.4 Å². The van der Waals surface area contributed by atoms with Gasteiger partial charge in [0.2, 0.25) is 0 Å². The van der Waals surface area contributed by atoms with Crippen molar-refractivity contribution in [3.8, 4) is 0 Å². The molecule has 0 fully saturated rings. The molecule has 452 valence electrons. The summed E-state index contributed by atoms with van der Waals surface area (Å²) in [5.74, 6) is -0.858. The van der Waals surface area contributed by atoms with Gasteiger partial charge in [-0.1, -0.05) is 312 Å². The normalized spacial score (nSPS) is 12.5. The predicted molar refractivity (Wildman–Crippen MR) is 339 cm³/mol. The number of hydrogen-bond acceptors (Lipinski definition) is 6. The molecular weight excluding hydrogens is 961 g/mol. The molecule has 0 N–H and O–H groups in total. The van der Waals surface area contributed by atoms with Gasteiger partial charge in [0.1, 0.15) is 13.2 Å². The molecule has 0 radical (unpaired) electrons. The first-order chi connectivity index (χ1) is 38.5. The van der Waals surface area contributed by atoms with Gasteiger partial charge in [-0.15, -0.1) is 0 Å². The van der Waals surface area contributed by atoms with E-state index >= 15 is 0 Å². The Morgan fingerprint density at radius 1 is 0.269 bits per heavy atom. The molecule has 0 saturated carbocycles. The molecular formula is C72H128O6. The second kappa shape index (κ2) is 66.4. The van der Waals surface area contributed by atoms with Crippen LogP contribution in [0.2, 0.25) is 0 Å². The van der Waals surface area contributed by atoms with Crippen LogP contribution < -0.4 is 0 Å². The number of unbranched alkanes of at least 4 members (excludes halogenated alkanes) is 39. The van der Waals surface area contributed by atoms with Crippen LogP contribution in [0, 0.1) is 0 Å². The molecule has 0 amide bonds. The zero-order valence-electron chi connectivity index (χ0n) is 51.9. The van der Waals surface area contributed by atoms with Gasteiger partial charge in [0.05, 0.1) is 0 Å². The Morgan fingerprint density at radius 2 is 0.500 bits per heavy atom. The molecule has 0 bridgehead atoms. The van der Waals surface area contributed by atoms with E-state index in [1.807, 2.05) is 0 Å². The van der Waals surface area contributed by atoms with Crippen LogP contribution in [0.3, 0.4) is 0 Å². The molecule has 0 rings (SSSR count). The lowest BCUT2D eigenvalue weighted by Gasteiger charge is -2.18. The quantitative estimate of drug-likeness (QED) is 0.0261. The third-order valence-electron chi connectivity index (χ3n) is 14.9. The summed E-state index contributed by atoms with van der Waals surface area (Å²) in [5.41, 5.74) is 0. The Balaban J connectivity index is 4.24. The van der Waals surface area contributed by atoms with Gasteiger partial charge >= 0.3 is 17.9 Å². The van der Waals surface area contributed by atoms with E-state index in [2.05, 4.69) is 93.7 Å². The smallest absolute Gasteiger partial charge is 0.306 e. The van der Waals surface area contributed by atoms with Crippen LogP contribution in [0.5, 0.6) is 0 Å². The highest BCUT2D eigenvalue weighted by Crippen LogP contribution is 2.17. The standard InChI is InChI=1S/C72H128O6/c1-4-7-10-13-16-19-22-25-27-29-31-33-34-35-36-37-38-40-41-43-45-47-50-53-56-59-62-65-71(74)77-68-69(67-76-70(73)64-61-58-55-52-49-24-21-18-15-12-9-6-3)78-72(75)66-63-60-57-54-51-48-46-44-42-39-32-30-28-26-23-20-17-14-11-8-5-2/h7,10,16,19,23,25-27,30-33,69H,4-6,8-9,11-15,17-18,20-22,24,28-29,34-68H2,1-3H3/b10-7-,19-16-,26-23-,27-25-,32-30-,33-31-. The molecule has 0 aromatic rings. The Morgan fingerprint density at radius 3 is 0.782 bits per heavy atom. The van der Waals surface area contributed by atoms with Crippen LogP contribution >= 0.6 is 0 Å². The number of hydrogen-bond donors (Lipinski definition) is 0. The lowest BCUT2D eigenvalue weighted by atomic mass is 10.0. The Bertz CT molecular complexity index is 1440. The molecule has 0 saturated heterocycles. The van der Waals surface area contributed by atoms with Crippen LogP contribution in [0.4, 0.5) is 0 Å². The first-order valence-corrected chi connectivity index (χ1v) is 33.9. The van der Waals surface area contributed by atoms with Crippen molar-refractivity contribution in [2.24, 2.45) is 0 Å². The van der Waals surface area contributed by atoms with Crippen molar-refractivity contribution in [2.75, 3.05) is 13.2 Å². The maximum atomic E-state index is 12.9. The minimum absolute atomic E-state index is 0.0726. The van der Waals surface area contributed by atoms with E-state index in [-0.39, 0.29) is 31.1 Å². The van der Waals surface area contributed by atoms with Gasteiger partial charge in [-0.2, -0.15) is 0 Å². The van der Waals surface area contributed by atoms with E-state index in [4.69, 9.17) is 14.2 Å². The van der Waals surface area contributed by atoms with Crippen LogP contribution in [-0.2, 0) is 28.6 Å². The fourth-order valence-corrected chi connectivity index (χ4v) is 9.88. The number of ether oxygens (including phenoxy) is 3. The van der Waals surface area contributed by atoms with Gasteiger partial charge in [0, 0.05) is 19.3 Å². The molecule has 1 unspecified atom stereocenters. The zero-order valence-corrected chi connectivity index (χ0v) is 51.9. The van der Waals surface area contributed by atoms with Crippen molar-refractivity contribution in [3.05, 3.63) is 72.9 Å². The largest absolute Gasteiger partial charge is 0.462 e. The van der Waals surface area contributed by atoms with Crippen LogP contribution in [0.1, 0.15) is 348 Å². The molecule has 78 heavy (non-hydrogen) atoms. The van der Waals surface area contributed by atoms with Gasteiger partial charge in [0.25, 0.3) is 0 Å². The average molecular weight is 1090 g/mol. The van der Waals surface area contributed by atoms with Crippen LogP contribution in [0.15, 0.2) is 72.9 Å². The van der Waals surface area contributed by atoms with Gasteiger partial charge in [0.15, 0.2) is 6.10 Å². The molecule has 0 aromatic heterocycles. The van der Waals surface area contributed by atoms with Crippen LogP contribution in [0.25, 0.3) is 0 Å². The summed E-state index contributed by atoms with van der Waals surface area (Å²) >= 11 is 0. The van der Waals surface area contributed by atoms with Gasteiger partial charge in [-0.05, 0) is 89.9 Å². The van der Waals surface area contributed by atoms with E-state index in [1.54, 1.807) is 0 Å². The third-order valence-corrected chi connectivity index (χ3v) is 14.9. The van der Waals surface area contributed by atoms with Crippen molar-refractivity contribution in [1.29, 1.82) is 0 Å². The molecule has 0 aromatic carbocycles. The molecule has 0 spiro atoms.